The Kier molecular flexibility index (Phi) is 4.76. The average Bonchev–Trinajstić information content (AvgIpc) is 3.05. The molecule has 0 spiro atoms. The number of piperidine rings is 2. The van der Waals surface area contributed by atoms with Crippen LogP contribution in [0.1, 0.15) is 44.5 Å². The number of amides is 1. The van der Waals surface area contributed by atoms with Crippen molar-refractivity contribution >= 4 is 17.2 Å². The number of rotatable bonds is 3. The van der Waals surface area contributed by atoms with Crippen molar-refractivity contribution in [3.05, 3.63) is 16.6 Å². The molecule has 1 aromatic heterocycles. The smallest absolute Gasteiger partial charge is 0.219 e. The number of aliphatic hydroxyl groups is 1. The van der Waals surface area contributed by atoms with Crippen molar-refractivity contribution in [1.82, 2.24) is 14.8 Å². The molecule has 5 nitrogen and oxygen atoms in total. The van der Waals surface area contributed by atoms with Crippen LogP contribution in [0.3, 0.4) is 0 Å². The predicted octanol–water partition coefficient (Wildman–Crippen LogP) is 1.87. The molecule has 2 saturated heterocycles. The minimum absolute atomic E-state index is 0.115. The molecule has 23 heavy (non-hydrogen) atoms. The molecule has 128 valence electrons. The maximum Gasteiger partial charge on any atom is 0.219 e. The highest BCUT2D eigenvalue weighted by molar-refractivity contribution is 7.09. The van der Waals surface area contributed by atoms with Gasteiger partial charge in [-0.05, 0) is 38.8 Å². The lowest BCUT2D eigenvalue weighted by molar-refractivity contribution is -0.133. The average molecular weight is 337 g/mol. The van der Waals surface area contributed by atoms with Gasteiger partial charge in [0.25, 0.3) is 0 Å². The van der Waals surface area contributed by atoms with Gasteiger partial charge in [0, 0.05) is 43.5 Å². The van der Waals surface area contributed by atoms with Crippen LogP contribution in [-0.4, -0.2) is 64.1 Å². The first-order chi connectivity index (χ1) is 10.9. The lowest BCUT2D eigenvalue weighted by atomic mass is 9.80. The maximum atomic E-state index is 11.4. The molecule has 0 saturated carbocycles. The van der Waals surface area contributed by atoms with Gasteiger partial charge in [-0.2, -0.15) is 0 Å². The van der Waals surface area contributed by atoms with E-state index < -0.39 is 5.60 Å². The number of hydrogen-bond donors (Lipinski definition) is 1. The quantitative estimate of drug-likeness (QED) is 0.915. The van der Waals surface area contributed by atoms with Gasteiger partial charge in [-0.1, -0.05) is 6.92 Å². The summed E-state index contributed by atoms with van der Waals surface area (Å²) in [6, 6.07) is 0. The minimum Gasteiger partial charge on any atom is -0.388 e. The number of carbonyl (C=O) groups excluding carboxylic acids is 1. The standard InChI is InChI=1S/C17H27N3O2S/c1-14(21)20-10-5-17(22,6-11-20)13-19-8-3-16(2,4-9-19)15-18-7-12-23-15/h7,12,22H,3-6,8-11,13H2,1-2H3. The van der Waals surface area contributed by atoms with Gasteiger partial charge in [-0.3, -0.25) is 4.79 Å². The molecule has 2 aliphatic heterocycles. The van der Waals surface area contributed by atoms with E-state index in [1.54, 1.807) is 18.3 Å². The van der Waals surface area contributed by atoms with E-state index in [9.17, 15) is 9.90 Å². The molecule has 6 heteroatoms. The van der Waals surface area contributed by atoms with Crippen LogP contribution in [-0.2, 0) is 10.2 Å². The molecule has 1 N–H and O–H groups in total. The Hall–Kier alpha value is -0.980. The summed E-state index contributed by atoms with van der Waals surface area (Å²) in [5.41, 5.74) is -0.452. The molecule has 2 aliphatic rings. The number of likely N-dealkylation sites (tertiary alicyclic amines) is 2. The molecule has 0 unspecified atom stereocenters. The van der Waals surface area contributed by atoms with Crippen LogP contribution in [0.15, 0.2) is 11.6 Å². The highest BCUT2D eigenvalue weighted by atomic mass is 32.1. The number of β-amino-alcohol motifs (C(OH)–C–C–N with tert-alkyl or cyclic N) is 1. The van der Waals surface area contributed by atoms with Gasteiger partial charge in [-0.15, -0.1) is 11.3 Å². The Labute approximate surface area is 142 Å². The van der Waals surface area contributed by atoms with Crippen LogP contribution < -0.4 is 0 Å². The molecule has 1 aromatic rings. The minimum atomic E-state index is -0.638. The number of aromatic nitrogens is 1. The monoisotopic (exact) mass is 337 g/mol. The third-order valence-corrected chi connectivity index (χ3v) is 6.64. The van der Waals surface area contributed by atoms with Gasteiger partial charge in [0.05, 0.1) is 10.6 Å². The van der Waals surface area contributed by atoms with Gasteiger partial charge in [0.2, 0.25) is 5.91 Å². The number of hydrogen-bond acceptors (Lipinski definition) is 5. The lowest BCUT2D eigenvalue weighted by Crippen LogP contribution is -2.53. The molecule has 0 atom stereocenters. The molecule has 0 radical (unpaired) electrons. The summed E-state index contributed by atoms with van der Waals surface area (Å²) in [4.78, 5) is 20.1. The van der Waals surface area contributed by atoms with Crippen LogP contribution >= 0.6 is 11.3 Å². The summed E-state index contributed by atoms with van der Waals surface area (Å²) in [7, 11) is 0. The molecule has 2 fully saturated rings. The highest BCUT2D eigenvalue weighted by Crippen LogP contribution is 2.36. The summed E-state index contributed by atoms with van der Waals surface area (Å²) in [5.74, 6) is 0.115. The van der Waals surface area contributed by atoms with Crippen molar-refractivity contribution in [1.29, 1.82) is 0 Å². The Morgan fingerprint density at radius 3 is 2.43 bits per heavy atom. The summed E-state index contributed by atoms with van der Waals surface area (Å²) in [6.45, 7) is 8.01. The molecule has 0 bridgehead atoms. The van der Waals surface area contributed by atoms with E-state index in [1.165, 1.54) is 5.01 Å². The first-order valence-electron chi connectivity index (χ1n) is 8.51. The number of carbonyl (C=O) groups is 1. The van der Waals surface area contributed by atoms with E-state index in [2.05, 4.69) is 22.2 Å². The van der Waals surface area contributed by atoms with Crippen molar-refractivity contribution in [3.8, 4) is 0 Å². The molecule has 0 aromatic carbocycles. The molecular formula is C17H27N3O2S. The van der Waals surface area contributed by atoms with Gasteiger partial charge in [0.1, 0.15) is 0 Å². The van der Waals surface area contributed by atoms with Crippen molar-refractivity contribution in [3.63, 3.8) is 0 Å². The first kappa shape index (κ1) is 16.9. The van der Waals surface area contributed by atoms with Crippen LogP contribution in [0.5, 0.6) is 0 Å². The van der Waals surface area contributed by atoms with Crippen molar-refractivity contribution in [2.24, 2.45) is 0 Å². The van der Waals surface area contributed by atoms with E-state index in [4.69, 9.17) is 0 Å². The van der Waals surface area contributed by atoms with Crippen LogP contribution in [0, 0.1) is 0 Å². The zero-order chi connectivity index (χ0) is 16.5. The molecule has 0 aliphatic carbocycles. The Balaban J connectivity index is 1.52. The van der Waals surface area contributed by atoms with E-state index >= 15 is 0 Å². The molecule has 1 amide bonds. The Bertz CT molecular complexity index is 530. The SMILES string of the molecule is CC(=O)N1CCC(O)(CN2CCC(C)(c3nccs3)CC2)CC1. The van der Waals surface area contributed by atoms with Gasteiger partial charge >= 0.3 is 0 Å². The van der Waals surface area contributed by atoms with Crippen LogP contribution in [0.2, 0.25) is 0 Å². The van der Waals surface area contributed by atoms with E-state index in [0.29, 0.717) is 25.9 Å². The lowest BCUT2D eigenvalue weighted by Gasteiger charge is -2.44. The second kappa shape index (κ2) is 6.49. The zero-order valence-corrected chi connectivity index (χ0v) is 14.9. The fraction of sp³-hybridized carbons (Fsp3) is 0.765. The third kappa shape index (κ3) is 3.75. The number of thiazole rings is 1. The van der Waals surface area contributed by atoms with Gasteiger partial charge < -0.3 is 14.9 Å². The summed E-state index contributed by atoms with van der Waals surface area (Å²) >= 11 is 1.75. The maximum absolute atomic E-state index is 11.4. The fourth-order valence-electron chi connectivity index (χ4n) is 3.75. The second-order valence-electron chi connectivity index (χ2n) is 7.40. The normalized spacial score (nSPS) is 24.6. The Morgan fingerprint density at radius 2 is 1.91 bits per heavy atom. The fourth-order valence-corrected chi connectivity index (χ4v) is 4.61. The Morgan fingerprint density at radius 1 is 1.26 bits per heavy atom. The zero-order valence-electron chi connectivity index (χ0n) is 14.1. The van der Waals surface area contributed by atoms with E-state index in [1.807, 2.05) is 11.1 Å². The number of nitrogens with zero attached hydrogens (tertiary/aromatic N) is 3. The van der Waals surface area contributed by atoms with Crippen LogP contribution in [0.4, 0.5) is 0 Å². The topological polar surface area (TPSA) is 56.7 Å². The van der Waals surface area contributed by atoms with Crippen molar-refractivity contribution < 1.29 is 9.90 Å². The molecule has 3 rings (SSSR count). The molecule has 3 heterocycles. The summed E-state index contributed by atoms with van der Waals surface area (Å²) in [6.07, 6.45) is 5.45. The first-order valence-corrected chi connectivity index (χ1v) is 9.38. The predicted molar refractivity (Wildman–Crippen MR) is 91.6 cm³/mol. The largest absolute Gasteiger partial charge is 0.388 e. The summed E-state index contributed by atoms with van der Waals surface area (Å²) in [5, 5.41) is 14.1. The van der Waals surface area contributed by atoms with Gasteiger partial charge in [0.15, 0.2) is 0 Å². The third-order valence-electron chi connectivity index (χ3n) is 5.57. The van der Waals surface area contributed by atoms with E-state index in [0.717, 1.165) is 32.5 Å². The summed E-state index contributed by atoms with van der Waals surface area (Å²) < 4.78 is 0. The van der Waals surface area contributed by atoms with E-state index in [-0.39, 0.29) is 11.3 Å². The van der Waals surface area contributed by atoms with Crippen LogP contribution in [0.25, 0.3) is 0 Å². The van der Waals surface area contributed by atoms with Crippen molar-refractivity contribution in [2.75, 3.05) is 32.7 Å². The second-order valence-corrected chi connectivity index (χ2v) is 8.30. The van der Waals surface area contributed by atoms with Crippen molar-refractivity contribution in [2.45, 2.75) is 50.5 Å². The molecular weight excluding hydrogens is 310 g/mol. The van der Waals surface area contributed by atoms with Gasteiger partial charge in [-0.25, -0.2) is 4.98 Å². The highest BCUT2D eigenvalue weighted by Gasteiger charge is 2.38.